The van der Waals surface area contributed by atoms with Crippen molar-refractivity contribution in [3.63, 3.8) is 0 Å². The van der Waals surface area contributed by atoms with Crippen LogP contribution >= 0.6 is 0 Å². The predicted molar refractivity (Wildman–Crippen MR) is 62.2 cm³/mol. The smallest absolute Gasteiger partial charge is 0.233 e. The highest BCUT2D eigenvalue weighted by Crippen LogP contribution is 2.22. The van der Waals surface area contributed by atoms with Gasteiger partial charge in [0.2, 0.25) is 5.88 Å². The van der Waals surface area contributed by atoms with Crippen LogP contribution in [0.15, 0.2) is 0 Å². The lowest BCUT2D eigenvalue weighted by Crippen LogP contribution is -2.06. The van der Waals surface area contributed by atoms with Crippen LogP contribution in [-0.2, 0) is 19.4 Å². The van der Waals surface area contributed by atoms with Gasteiger partial charge in [0.05, 0.1) is 0 Å². The van der Waals surface area contributed by atoms with Gasteiger partial charge >= 0.3 is 0 Å². The third kappa shape index (κ3) is 2.74. The van der Waals surface area contributed by atoms with Gasteiger partial charge in [-0.1, -0.05) is 33.6 Å². The fourth-order valence-corrected chi connectivity index (χ4v) is 1.89. The maximum atomic E-state index is 9.71. The Bertz CT molecular complexity index is 305. The number of hydrogen-bond acceptors (Lipinski definition) is 2. The first kappa shape index (κ1) is 12.1. The van der Waals surface area contributed by atoms with Gasteiger partial charge in [0.1, 0.15) is 0 Å². The molecule has 3 heteroatoms. The quantitative estimate of drug-likeness (QED) is 0.784. The minimum absolute atomic E-state index is 0.233. The molecule has 3 nitrogen and oxygen atoms in total. The van der Waals surface area contributed by atoms with Crippen molar-refractivity contribution < 1.29 is 5.11 Å². The molecule has 0 amide bonds. The van der Waals surface area contributed by atoms with Gasteiger partial charge in [-0.15, -0.1) is 5.10 Å². The van der Waals surface area contributed by atoms with Crippen LogP contribution in [0.3, 0.4) is 0 Å². The molecule has 0 saturated heterocycles. The topological polar surface area (TPSA) is 38.0 Å². The number of nitrogens with zero attached hydrogens (tertiary/aromatic N) is 2. The highest BCUT2D eigenvalue weighted by atomic mass is 16.3. The number of unbranched alkanes of at least 4 members (excludes halogenated alkanes) is 1. The van der Waals surface area contributed by atoms with E-state index >= 15 is 0 Å². The van der Waals surface area contributed by atoms with Gasteiger partial charge in [-0.25, -0.2) is 0 Å². The van der Waals surface area contributed by atoms with E-state index in [4.69, 9.17) is 0 Å². The van der Waals surface area contributed by atoms with Gasteiger partial charge in [-0.2, -0.15) is 0 Å². The van der Waals surface area contributed by atoms with E-state index in [1.54, 1.807) is 0 Å². The van der Waals surface area contributed by atoms with Crippen LogP contribution in [0.25, 0.3) is 0 Å². The third-order valence-electron chi connectivity index (χ3n) is 2.71. The van der Waals surface area contributed by atoms with E-state index in [2.05, 4.69) is 25.9 Å². The molecule has 0 aliphatic heterocycles. The minimum atomic E-state index is 0.233. The Kier molecular flexibility index (Phi) is 4.66. The van der Waals surface area contributed by atoms with Gasteiger partial charge < -0.3 is 5.11 Å². The van der Waals surface area contributed by atoms with Gasteiger partial charge in [0, 0.05) is 17.8 Å². The summed E-state index contributed by atoms with van der Waals surface area (Å²) in [4.78, 5) is 0. The molecular weight excluding hydrogens is 188 g/mol. The molecule has 15 heavy (non-hydrogen) atoms. The van der Waals surface area contributed by atoms with Crippen LogP contribution in [0.5, 0.6) is 5.88 Å². The zero-order chi connectivity index (χ0) is 11.3. The Morgan fingerprint density at radius 1 is 1.20 bits per heavy atom. The van der Waals surface area contributed by atoms with E-state index in [0.717, 1.165) is 44.2 Å². The summed E-state index contributed by atoms with van der Waals surface area (Å²) < 4.78 is 1.99. The van der Waals surface area contributed by atoms with Gasteiger partial charge in [0.15, 0.2) is 0 Å². The summed E-state index contributed by atoms with van der Waals surface area (Å²) in [5.74, 6) is 0.233. The lowest BCUT2D eigenvalue weighted by atomic mass is 10.1. The second-order valence-electron chi connectivity index (χ2n) is 3.93. The summed E-state index contributed by atoms with van der Waals surface area (Å²) >= 11 is 0. The van der Waals surface area contributed by atoms with Crippen LogP contribution < -0.4 is 0 Å². The SMILES string of the molecule is CCCCn1nc(O)c(CC)c1CCC. The molecule has 0 saturated carbocycles. The van der Waals surface area contributed by atoms with E-state index < -0.39 is 0 Å². The van der Waals surface area contributed by atoms with Gasteiger partial charge in [-0.3, -0.25) is 4.68 Å². The third-order valence-corrected chi connectivity index (χ3v) is 2.71. The zero-order valence-corrected chi connectivity index (χ0v) is 10.1. The first-order valence-corrected chi connectivity index (χ1v) is 6.02. The Balaban J connectivity index is 2.92. The van der Waals surface area contributed by atoms with Crippen molar-refractivity contribution in [3.05, 3.63) is 11.3 Å². The molecule has 0 bridgehead atoms. The molecule has 0 aromatic carbocycles. The number of aryl methyl sites for hydroxylation is 1. The molecule has 0 aliphatic carbocycles. The Morgan fingerprint density at radius 2 is 1.93 bits per heavy atom. The van der Waals surface area contributed by atoms with Crippen molar-refractivity contribution in [2.24, 2.45) is 0 Å². The number of rotatable bonds is 6. The number of hydrogen-bond donors (Lipinski definition) is 1. The second kappa shape index (κ2) is 5.79. The largest absolute Gasteiger partial charge is 0.492 e. The number of aromatic nitrogens is 2. The van der Waals surface area contributed by atoms with E-state index in [9.17, 15) is 5.11 Å². The van der Waals surface area contributed by atoms with E-state index in [-0.39, 0.29) is 5.88 Å². The molecule has 0 spiro atoms. The van der Waals surface area contributed by atoms with Crippen LogP contribution in [-0.4, -0.2) is 14.9 Å². The van der Waals surface area contributed by atoms with Gasteiger partial charge in [-0.05, 0) is 19.3 Å². The minimum Gasteiger partial charge on any atom is -0.492 e. The maximum absolute atomic E-state index is 9.71. The van der Waals surface area contributed by atoms with Crippen molar-refractivity contribution >= 4 is 0 Å². The average molecular weight is 210 g/mol. The summed E-state index contributed by atoms with van der Waals surface area (Å²) in [5.41, 5.74) is 2.26. The van der Waals surface area contributed by atoms with Gasteiger partial charge in [0.25, 0.3) is 0 Å². The Hall–Kier alpha value is -0.990. The molecule has 0 radical (unpaired) electrons. The summed E-state index contributed by atoms with van der Waals surface area (Å²) in [6.45, 7) is 7.33. The van der Waals surface area contributed by atoms with Crippen molar-refractivity contribution in [3.8, 4) is 5.88 Å². The summed E-state index contributed by atoms with van der Waals surface area (Å²) in [5, 5.41) is 13.9. The van der Waals surface area contributed by atoms with Crippen LogP contribution in [0.2, 0.25) is 0 Å². The first-order chi connectivity index (χ1) is 7.24. The van der Waals surface area contributed by atoms with E-state index in [0.29, 0.717) is 0 Å². The average Bonchev–Trinajstić information content (AvgIpc) is 2.52. The summed E-state index contributed by atoms with van der Waals surface area (Å²) in [6.07, 6.45) is 5.27. The first-order valence-electron chi connectivity index (χ1n) is 6.02. The molecule has 0 unspecified atom stereocenters. The van der Waals surface area contributed by atoms with Crippen molar-refractivity contribution in [1.82, 2.24) is 9.78 Å². The summed E-state index contributed by atoms with van der Waals surface area (Å²) in [6, 6.07) is 0. The molecule has 1 rings (SSSR count). The normalized spacial score (nSPS) is 10.9. The summed E-state index contributed by atoms with van der Waals surface area (Å²) in [7, 11) is 0. The predicted octanol–water partition coefficient (Wildman–Crippen LogP) is 2.90. The van der Waals surface area contributed by atoms with Crippen molar-refractivity contribution in [2.75, 3.05) is 0 Å². The highest BCUT2D eigenvalue weighted by Gasteiger charge is 2.14. The van der Waals surface area contributed by atoms with Crippen LogP contribution in [0, 0.1) is 0 Å². The lowest BCUT2D eigenvalue weighted by molar-refractivity contribution is 0.429. The molecule has 1 N–H and O–H groups in total. The molecule has 1 aromatic rings. The molecule has 0 fully saturated rings. The fraction of sp³-hybridized carbons (Fsp3) is 0.750. The maximum Gasteiger partial charge on any atom is 0.233 e. The lowest BCUT2D eigenvalue weighted by Gasteiger charge is -2.06. The molecular formula is C12H22N2O. The van der Waals surface area contributed by atoms with Crippen LogP contribution in [0.4, 0.5) is 0 Å². The van der Waals surface area contributed by atoms with E-state index in [1.807, 2.05) is 4.68 Å². The Morgan fingerprint density at radius 3 is 2.47 bits per heavy atom. The zero-order valence-electron chi connectivity index (χ0n) is 10.1. The standard InChI is InChI=1S/C12H22N2O/c1-4-7-9-14-11(8-5-2)10(6-3)12(15)13-14/h4-9H2,1-3H3,(H,13,15). The Labute approximate surface area is 92.1 Å². The number of aromatic hydroxyl groups is 1. The molecule has 1 aromatic heterocycles. The van der Waals surface area contributed by atoms with E-state index in [1.165, 1.54) is 5.69 Å². The molecule has 1 heterocycles. The molecule has 0 atom stereocenters. The molecule has 86 valence electrons. The monoisotopic (exact) mass is 210 g/mol. The second-order valence-corrected chi connectivity index (χ2v) is 3.93. The molecule has 0 aliphatic rings. The fourth-order valence-electron chi connectivity index (χ4n) is 1.89. The highest BCUT2D eigenvalue weighted by molar-refractivity contribution is 5.30. The van der Waals surface area contributed by atoms with Crippen molar-refractivity contribution in [2.45, 2.75) is 59.4 Å². The van der Waals surface area contributed by atoms with Crippen molar-refractivity contribution in [1.29, 1.82) is 0 Å². The van der Waals surface area contributed by atoms with Crippen LogP contribution in [0.1, 0.15) is 51.3 Å².